The summed E-state index contributed by atoms with van der Waals surface area (Å²) < 4.78 is 0. The van der Waals surface area contributed by atoms with Crippen molar-refractivity contribution in [2.75, 3.05) is 24.5 Å². The average Bonchev–Trinajstić information content (AvgIpc) is 3.17. The first-order chi connectivity index (χ1) is 9.40. The fraction of sp³-hybridized carbons (Fsp3) is 0.583. The number of fused-ring (bicyclic) bond motifs is 1. The Balaban J connectivity index is 1.54. The van der Waals surface area contributed by atoms with Crippen LogP contribution in [0.15, 0.2) is 12.3 Å². The smallest absolute Gasteiger partial charge is 0.245 e. The van der Waals surface area contributed by atoms with Gasteiger partial charge >= 0.3 is 0 Å². The maximum Gasteiger partial charge on any atom is 0.245 e. The van der Waals surface area contributed by atoms with Crippen LogP contribution in [0.5, 0.6) is 0 Å². The van der Waals surface area contributed by atoms with Gasteiger partial charge in [0.05, 0.1) is 0 Å². The number of nitrogens with one attached hydrogen (secondary N) is 3. The highest BCUT2D eigenvalue weighted by Crippen LogP contribution is 2.27. The summed E-state index contributed by atoms with van der Waals surface area (Å²) in [4.78, 5) is 6.82. The van der Waals surface area contributed by atoms with E-state index >= 15 is 0 Å². The Morgan fingerprint density at radius 1 is 1.26 bits per heavy atom. The predicted octanol–water partition coefficient (Wildman–Crippen LogP) is 0.383. The SMILES string of the molecule is c1cc(-c2nc(N3CC4CCCNC4C3)n[nH]2)[nH]n1. The number of aromatic amines is 2. The van der Waals surface area contributed by atoms with Crippen LogP contribution in [0.2, 0.25) is 0 Å². The van der Waals surface area contributed by atoms with Gasteiger partial charge in [0.15, 0.2) is 5.82 Å². The largest absolute Gasteiger partial charge is 0.338 e. The summed E-state index contributed by atoms with van der Waals surface area (Å²) in [6.07, 6.45) is 4.31. The maximum atomic E-state index is 4.55. The number of hydrogen-bond donors (Lipinski definition) is 3. The topological polar surface area (TPSA) is 85.5 Å². The highest BCUT2D eigenvalue weighted by Gasteiger charge is 2.35. The van der Waals surface area contributed by atoms with Crippen molar-refractivity contribution >= 4 is 5.95 Å². The molecule has 2 fully saturated rings. The molecule has 0 aromatic carbocycles. The van der Waals surface area contributed by atoms with Gasteiger partial charge in [-0.2, -0.15) is 10.1 Å². The summed E-state index contributed by atoms with van der Waals surface area (Å²) in [5, 5.41) is 17.7. The van der Waals surface area contributed by atoms with Gasteiger partial charge in [-0.25, -0.2) is 0 Å². The fourth-order valence-electron chi connectivity index (χ4n) is 3.11. The number of nitrogens with zero attached hydrogens (tertiary/aromatic N) is 4. The Morgan fingerprint density at radius 2 is 2.26 bits per heavy atom. The lowest BCUT2D eigenvalue weighted by atomic mass is 9.94. The maximum absolute atomic E-state index is 4.55. The third-order valence-corrected chi connectivity index (χ3v) is 4.11. The monoisotopic (exact) mass is 259 g/mol. The molecular weight excluding hydrogens is 242 g/mol. The van der Waals surface area contributed by atoms with Gasteiger partial charge in [0.2, 0.25) is 5.95 Å². The molecule has 0 amide bonds. The van der Waals surface area contributed by atoms with Gasteiger partial charge in [-0.1, -0.05) is 0 Å². The summed E-state index contributed by atoms with van der Waals surface area (Å²) >= 11 is 0. The van der Waals surface area contributed by atoms with Gasteiger partial charge in [-0.3, -0.25) is 10.2 Å². The molecule has 7 nitrogen and oxygen atoms in total. The molecule has 2 saturated heterocycles. The Kier molecular flexibility index (Phi) is 2.51. The number of piperidine rings is 1. The van der Waals surface area contributed by atoms with E-state index in [1.54, 1.807) is 6.20 Å². The zero-order valence-corrected chi connectivity index (χ0v) is 10.6. The first-order valence-electron chi connectivity index (χ1n) is 6.80. The summed E-state index contributed by atoms with van der Waals surface area (Å²) in [7, 11) is 0. The molecule has 2 aromatic rings. The van der Waals surface area contributed by atoms with Crippen molar-refractivity contribution in [1.82, 2.24) is 30.7 Å². The standard InChI is InChI=1S/C12H17N7/c1-2-8-6-19(7-10(8)13-4-1)12-15-11(17-18-12)9-3-5-14-16-9/h3,5,8,10,13H,1-2,4,6-7H2,(H,14,16)(H,15,17,18). The van der Waals surface area contributed by atoms with Crippen LogP contribution in [0.25, 0.3) is 11.5 Å². The third kappa shape index (κ3) is 1.90. The second-order valence-electron chi connectivity index (χ2n) is 5.32. The Bertz CT molecular complexity index is 532. The molecule has 100 valence electrons. The normalized spacial score (nSPS) is 26.6. The minimum absolute atomic E-state index is 0.600. The van der Waals surface area contributed by atoms with Gasteiger partial charge < -0.3 is 10.2 Å². The molecular formula is C12H17N7. The van der Waals surface area contributed by atoms with Crippen molar-refractivity contribution < 1.29 is 0 Å². The average molecular weight is 259 g/mol. The Labute approximate surface area is 110 Å². The molecule has 4 heterocycles. The first kappa shape index (κ1) is 11.0. The van der Waals surface area contributed by atoms with Crippen LogP contribution in [0, 0.1) is 5.92 Å². The molecule has 2 unspecified atom stereocenters. The summed E-state index contributed by atoms with van der Waals surface area (Å²) in [6, 6.07) is 2.48. The molecule has 2 aliphatic heterocycles. The van der Waals surface area contributed by atoms with Crippen molar-refractivity contribution in [2.45, 2.75) is 18.9 Å². The van der Waals surface area contributed by atoms with Gasteiger partial charge in [0, 0.05) is 25.3 Å². The number of anilines is 1. The predicted molar refractivity (Wildman–Crippen MR) is 70.7 cm³/mol. The molecule has 2 aromatic heterocycles. The van der Waals surface area contributed by atoms with E-state index in [2.05, 4.69) is 35.6 Å². The molecule has 0 radical (unpaired) electrons. The van der Waals surface area contributed by atoms with Crippen LogP contribution < -0.4 is 10.2 Å². The molecule has 3 N–H and O–H groups in total. The molecule has 2 atom stereocenters. The second-order valence-corrected chi connectivity index (χ2v) is 5.32. The van der Waals surface area contributed by atoms with Crippen LogP contribution in [0.3, 0.4) is 0 Å². The van der Waals surface area contributed by atoms with E-state index in [0.29, 0.717) is 6.04 Å². The lowest BCUT2D eigenvalue weighted by molar-refractivity contribution is 0.340. The molecule has 0 saturated carbocycles. The van der Waals surface area contributed by atoms with Crippen molar-refractivity contribution in [3.05, 3.63) is 12.3 Å². The first-order valence-corrected chi connectivity index (χ1v) is 6.80. The lowest BCUT2D eigenvalue weighted by Crippen LogP contribution is -2.40. The fourth-order valence-corrected chi connectivity index (χ4v) is 3.11. The minimum Gasteiger partial charge on any atom is -0.338 e. The van der Waals surface area contributed by atoms with E-state index in [1.165, 1.54) is 12.8 Å². The summed E-state index contributed by atoms with van der Waals surface area (Å²) in [5.41, 5.74) is 0.869. The lowest BCUT2D eigenvalue weighted by Gasteiger charge is -2.24. The molecule has 4 rings (SSSR count). The van der Waals surface area contributed by atoms with E-state index in [-0.39, 0.29) is 0 Å². The van der Waals surface area contributed by atoms with Crippen molar-refractivity contribution in [2.24, 2.45) is 5.92 Å². The molecule has 0 bridgehead atoms. The summed E-state index contributed by atoms with van der Waals surface area (Å²) in [6.45, 7) is 3.20. The zero-order chi connectivity index (χ0) is 12.7. The molecule has 7 heteroatoms. The molecule has 19 heavy (non-hydrogen) atoms. The van der Waals surface area contributed by atoms with E-state index in [0.717, 1.165) is 43.0 Å². The zero-order valence-electron chi connectivity index (χ0n) is 10.6. The van der Waals surface area contributed by atoms with E-state index in [9.17, 15) is 0 Å². The van der Waals surface area contributed by atoms with E-state index in [1.807, 2.05) is 6.07 Å². The molecule has 0 spiro atoms. The van der Waals surface area contributed by atoms with Crippen LogP contribution in [-0.2, 0) is 0 Å². The minimum atomic E-state index is 0.600. The van der Waals surface area contributed by atoms with Crippen molar-refractivity contribution in [3.63, 3.8) is 0 Å². The summed E-state index contributed by atoms with van der Waals surface area (Å²) in [5.74, 6) is 2.28. The second kappa shape index (κ2) is 4.34. The van der Waals surface area contributed by atoms with Crippen LogP contribution >= 0.6 is 0 Å². The number of rotatable bonds is 2. The Morgan fingerprint density at radius 3 is 3.11 bits per heavy atom. The number of aromatic nitrogens is 5. The van der Waals surface area contributed by atoms with Gasteiger partial charge in [-0.05, 0) is 31.4 Å². The third-order valence-electron chi connectivity index (χ3n) is 4.11. The van der Waals surface area contributed by atoms with Crippen molar-refractivity contribution in [3.8, 4) is 11.5 Å². The molecule has 0 aliphatic carbocycles. The van der Waals surface area contributed by atoms with E-state index < -0.39 is 0 Å². The van der Waals surface area contributed by atoms with Crippen LogP contribution in [-0.4, -0.2) is 51.1 Å². The Hall–Kier alpha value is -1.89. The highest BCUT2D eigenvalue weighted by atomic mass is 15.4. The quantitative estimate of drug-likeness (QED) is 0.726. The van der Waals surface area contributed by atoms with Crippen LogP contribution in [0.4, 0.5) is 5.95 Å². The molecule has 2 aliphatic rings. The van der Waals surface area contributed by atoms with Gasteiger partial charge in [-0.15, -0.1) is 5.10 Å². The van der Waals surface area contributed by atoms with Crippen LogP contribution in [0.1, 0.15) is 12.8 Å². The van der Waals surface area contributed by atoms with E-state index in [4.69, 9.17) is 0 Å². The van der Waals surface area contributed by atoms with Crippen molar-refractivity contribution in [1.29, 1.82) is 0 Å². The number of hydrogen-bond acceptors (Lipinski definition) is 5. The van der Waals surface area contributed by atoms with Gasteiger partial charge in [0.25, 0.3) is 0 Å². The number of H-pyrrole nitrogens is 2. The highest BCUT2D eigenvalue weighted by molar-refractivity contribution is 5.50. The van der Waals surface area contributed by atoms with Gasteiger partial charge in [0.1, 0.15) is 5.69 Å².